The number of benzene rings is 2. The van der Waals surface area contributed by atoms with Crippen LogP contribution >= 0.6 is 0 Å². The molecule has 0 fully saturated rings. The van der Waals surface area contributed by atoms with Crippen LogP contribution in [0.2, 0.25) is 0 Å². The minimum Gasteiger partial charge on any atom is -0.493 e. The maximum atomic E-state index is 12.2. The number of carbonyl (C=O) groups is 1. The summed E-state index contributed by atoms with van der Waals surface area (Å²) in [5.41, 5.74) is 2.10. The van der Waals surface area contributed by atoms with E-state index in [0.717, 1.165) is 11.1 Å². The third-order valence-corrected chi connectivity index (χ3v) is 4.23. The Bertz CT molecular complexity index is 1050. The van der Waals surface area contributed by atoms with Crippen molar-refractivity contribution in [3.8, 4) is 11.5 Å². The van der Waals surface area contributed by atoms with Crippen molar-refractivity contribution in [2.75, 3.05) is 7.11 Å². The summed E-state index contributed by atoms with van der Waals surface area (Å²) in [5.74, 6) is 0.894. The maximum absolute atomic E-state index is 12.2. The highest BCUT2D eigenvalue weighted by Gasteiger charge is 2.09. The Labute approximate surface area is 167 Å². The van der Waals surface area contributed by atoms with Crippen molar-refractivity contribution in [2.24, 2.45) is 7.05 Å². The van der Waals surface area contributed by atoms with E-state index in [1.807, 2.05) is 0 Å². The summed E-state index contributed by atoms with van der Waals surface area (Å²) in [6.45, 7) is 0.239. The molecule has 148 valence electrons. The average molecular weight is 393 g/mol. The number of allylic oxidation sites excluding steroid dienone is 1. The van der Waals surface area contributed by atoms with Crippen LogP contribution in [0.5, 0.6) is 11.5 Å². The van der Waals surface area contributed by atoms with Crippen LogP contribution in [0.3, 0.4) is 0 Å². The molecule has 0 unspecified atom stereocenters. The number of nitro groups is 1. The second-order valence-corrected chi connectivity index (χ2v) is 6.16. The van der Waals surface area contributed by atoms with Crippen molar-refractivity contribution in [3.05, 3.63) is 87.7 Å². The van der Waals surface area contributed by atoms with Crippen LogP contribution in [-0.4, -0.2) is 27.6 Å². The van der Waals surface area contributed by atoms with Crippen LogP contribution in [-0.2, 0) is 13.7 Å². The molecular weight excluding hydrogens is 374 g/mol. The smallest absolute Gasteiger partial charge is 0.269 e. The zero-order chi connectivity index (χ0) is 20.8. The minimum absolute atomic E-state index is 0.0307. The first-order valence-electron chi connectivity index (χ1n) is 8.72. The summed E-state index contributed by atoms with van der Waals surface area (Å²) in [5, 5.41) is 14.7. The lowest BCUT2D eigenvalue weighted by molar-refractivity contribution is -0.384. The molecule has 0 aliphatic heterocycles. The molecule has 8 nitrogen and oxygen atoms in total. The molecule has 0 bridgehead atoms. The number of nitrogens with zero attached hydrogens (tertiary/aromatic N) is 3. The second-order valence-electron chi connectivity index (χ2n) is 6.16. The third-order valence-electron chi connectivity index (χ3n) is 4.23. The predicted octanol–water partition coefficient (Wildman–Crippen LogP) is 3.81. The van der Waals surface area contributed by atoms with Gasteiger partial charge in [-0.3, -0.25) is 19.6 Å². The number of carbonyl (C=O) groups excluding carboxylic acids is 1. The highest BCUT2D eigenvalue weighted by molar-refractivity contribution is 6.05. The van der Waals surface area contributed by atoms with Crippen molar-refractivity contribution >= 4 is 17.5 Å². The summed E-state index contributed by atoms with van der Waals surface area (Å²) in [7, 11) is 3.24. The summed E-state index contributed by atoms with van der Waals surface area (Å²) < 4.78 is 12.7. The lowest BCUT2D eigenvalue weighted by Gasteiger charge is -2.11. The van der Waals surface area contributed by atoms with Gasteiger partial charge in [0.1, 0.15) is 12.3 Å². The molecule has 0 saturated carbocycles. The molecule has 2 aromatic carbocycles. The van der Waals surface area contributed by atoms with Crippen molar-refractivity contribution in [2.45, 2.75) is 6.61 Å². The average Bonchev–Trinajstić information content (AvgIpc) is 3.17. The van der Waals surface area contributed by atoms with Gasteiger partial charge >= 0.3 is 0 Å². The molecule has 3 aromatic rings. The topological polar surface area (TPSA) is 96.5 Å². The fourth-order valence-corrected chi connectivity index (χ4v) is 2.65. The number of rotatable bonds is 8. The molecule has 1 aromatic heterocycles. The molecule has 0 spiro atoms. The Morgan fingerprint density at radius 3 is 2.55 bits per heavy atom. The summed E-state index contributed by atoms with van der Waals surface area (Å²) >= 11 is 0. The lowest BCUT2D eigenvalue weighted by atomic mass is 10.1. The summed E-state index contributed by atoms with van der Waals surface area (Å²) in [6, 6.07) is 13.1. The van der Waals surface area contributed by atoms with Crippen LogP contribution in [0, 0.1) is 10.1 Å². The maximum Gasteiger partial charge on any atom is 0.269 e. The zero-order valence-corrected chi connectivity index (χ0v) is 15.9. The first-order valence-corrected chi connectivity index (χ1v) is 8.72. The molecular formula is C21H19N3O5. The first-order chi connectivity index (χ1) is 14.0. The molecule has 0 saturated heterocycles. The van der Waals surface area contributed by atoms with E-state index in [1.54, 1.807) is 55.7 Å². The van der Waals surface area contributed by atoms with Gasteiger partial charge in [-0.05, 0) is 47.5 Å². The molecule has 0 aliphatic carbocycles. The number of non-ortho nitro benzene ring substituents is 1. The van der Waals surface area contributed by atoms with Gasteiger partial charge in [-0.25, -0.2) is 0 Å². The number of ether oxygens (including phenoxy) is 2. The van der Waals surface area contributed by atoms with Gasteiger partial charge in [-0.1, -0.05) is 12.1 Å². The Morgan fingerprint density at radius 1 is 1.17 bits per heavy atom. The quantitative estimate of drug-likeness (QED) is 0.250. The van der Waals surface area contributed by atoms with E-state index in [1.165, 1.54) is 30.0 Å². The van der Waals surface area contributed by atoms with E-state index < -0.39 is 4.92 Å². The van der Waals surface area contributed by atoms with Crippen LogP contribution < -0.4 is 9.47 Å². The van der Waals surface area contributed by atoms with E-state index >= 15 is 0 Å². The summed E-state index contributed by atoms with van der Waals surface area (Å²) in [6.07, 6.45) is 4.74. The van der Waals surface area contributed by atoms with Crippen molar-refractivity contribution < 1.29 is 19.2 Å². The van der Waals surface area contributed by atoms with Crippen molar-refractivity contribution in [1.82, 2.24) is 9.78 Å². The van der Waals surface area contributed by atoms with Gasteiger partial charge in [0.15, 0.2) is 11.5 Å². The Morgan fingerprint density at radius 2 is 1.93 bits per heavy atom. The van der Waals surface area contributed by atoms with Crippen LogP contribution in [0.4, 0.5) is 5.69 Å². The zero-order valence-electron chi connectivity index (χ0n) is 15.9. The van der Waals surface area contributed by atoms with Gasteiger partial charge in [0.2, 0.25) is 5.78 Å². The Kier molecular flexibility index (Phi) is 6.03. The normalized spacial score (nSPS) is 10.8. The number of ketones is 1. The molecule has 0 aliphatic rings. The number of nitro benzene ring substituents is 1. The number of aryl methyl sites for hydroxylation is 1. The van der Waals surface area contributed by atoms with Crippen molar-refractivity contribution in [1.29, 1.82) is 0 Å². The summed E-state index contributed by atoms with van der Waals surface area (Å²) in [4.78, 5) is 22.5. The van der Waals surface area contributed by atoms with Gasteiger partial charge in [0.25, 0.3) is 5.69 Å². The first kappa shape index (κ1) is 19.8. The van der Waals surface area contributed by atoms with E-state index in [2.05, 4.69) is 5.10 Å². The highest BCUT2D eigenvalue weighted by atomic mass is 16.6. The van der Waals surface area contributed by atoms with Crippen molar-refractivity contribution in [3.63, 3.8) is 0 Å². The van der Waals surface area contributed by atoms with Gasteiger partial charge < -0.3 is 9.47 Å². The van der Waals surface area contributed by atoms with Gasteiger partial charge in [0, 0.05) is 25.4 Å². The predicted molar refractivity (Wildman–Crippen MR) is 107 cm³/mol. The Hall–Kier alpha value is -3.94. The van der Waals surface area contributed by atoms with Crippen LogP contribution in [0.15, 0.2) is 60.8 Å². The molecule has 0 N–H and O–H groups in total. The monoisotopic (exact) mass is 393 g/mol. The molecule has 0 amide bonds. The third kappa shape index (κ3) is 4.86. The van der Waals surface area contributed by atoms with Crippen LogP contribution in [0.1, 0.15) is 21.6 Å². The van der Waals surface area contributed by atoms with E-state index in [9.17, 15) is 14.9 Å². The number of methoxy groups -OCH3 is 1. The largest absolute Gasteiger partial charge is 0.493 e. The van der Waals surface area contributed by atoms with E-state index in [4.69, 9.17) is 9.47 Å². The SMILES string of the molecule is COc1cc(/C=C/C(=O)c2ccnn2C)ccc1OCc1ccc([N+](=O)[O-])cc1. The molecule has 8 heteroatoms. The number of hydrogen-bond acceptors (Lipinski definition) is 6. The molecule has 29 heavy (non-hydrogen) atoms. The fourth-order valence-electron chi connectivity index (χ4n) is 2.65. The van der Waals surface area contributed by atoms with Gasteiger partial charge in [0.05, 0.1) is 12.0 Å². The van der Waals surface area contributed by atoms with E-state index in [-0.39, 0.29) is 18.1 Å². The molecule has 0 radical (unpaired) electrons. The second kappa shape index (κ2) is 8.83. The molecule has 0 atom stereocenters. The minimum atomic E-state index is -0.445. The highest BCUT2D eigenvalue weighted by Crippen LogP contribution is 2.29. The number of hydrogen-bond donors (Lipinski definition) is 0. The standard InChI is InChI=1S/C21H19N3O5/c1-23-18(11-12-22-23)19(25)9-5-15-6-10-20(21(13-15)28-2)29-14-16-3-7-17(8-4-16)24(26)27/h3-13H,14H2,1-2H3/b9-5+. The molecule has 3 rings (SSSR count). The van der Waals surface area contributed by atoms with Gasteiger partial charge in [-0.15, -0.1) is 0 Å². The molecule has 1 heterocycles. The fraction of sp³-hybridized carbons (Fsp3) is 0.143. The van der Waals surface area contributed by atoms with Gasteiger partial charge in [-0.2, -0.15) is 5.10 Å². The van der Waals surface area contributed by atoms with E-state index in [0.29, 0.717) is 17.2 Å². The number of aromatic nitrogens is 2. The Balaban J connectivity index is 1.68. The lowest BCUT2D eigenvalue weighted by Crippen LogP contribution is -2.03. The van der Waals surface area contributed by atoms with Crippen LogP contribution in [0.25, 0.3) is 6.08 Å².